The Labute approximate surface area is 146 Å². The Morgan fingerprint density at radius 2 is 2.29 bits per heavy atom. The first-order chi connectivity index (χ1) is 11.6. The molecule has 1 aliphatic heterocycles. The van der Waals surface area contributed by atoms with E-state index in [0.29, 0.717) is 5.75 Å². The predicted molar refractivity (Wildman–Crippen MR) is 95.2 cm³/mol. The molecular weight excluding hydrogens is 322 g/mol. The molecule has 2 aromatic rings. The molecule has 24 heavy (non-hydrogen) atoms. The summed E-state index contributed by atoms with van der Waals surface area (Å²) in [6.45, 7) is 4.62. The van der Waals surface area contributed by atoms with Gasteiger partial charge in [-0.25, -0.2) is 0 Å². The van der Waals surface area contributed by atoms with Gasteiger partial charge in [-0.3, -0.25) is 4.79 Å². The first-order valence-electron chi connectivity index (χ1n) is 8.37. The average molecular weight is 345 g/mol. The second kappa shape index (κ2) is 7.36. The molecule has 1 amide bonds. The molecule has 1 aromatic heterocycles. The number of amides is 1. The van der Waals surface area contributed by atoms with E-state index >= 15 is 0 Å². The molecule has 0 radical (unpaired) electrons. The van der Waals surface area contributed by atoms with Crippen LogP contribution in [0, 0.1) is 0 Å². The highest BCUT2D eigenvalue weighted by Gasteiger charge is 2.33. The largest absolute Gasteiger partial charge is 0.481 e. The molecule has 2 heterocycles. The molecule has 5 heteroatoms. The first kappa shape index (κ1) is 17.0. The van der Waals surface area contributed by atoms with Crippen LogP contribution in [0.1, 0.15) is 42.3 Å². The Morgan fingerprint density at radius 3 is 3.04 bits per heavy atom. The number of hydrogen-bond acceptors (Lipinski definition) is 4. The summed E-state index contributed by atoms with van der Waals surface area (Å²) in [5.74, 6) is 0.636. The molecule has 3 rings (SSSR count). The van der Waals surface area contributed by atoms with Gasteiger partial charge in [0.2, 0.25) is 0 Å². The molecule has 0 saturated carbocycles. The molecule has 0 spiro atoms. The summed E-state index contributed by atoms with van der Waals surface area (Å²) in [5.41, 5.74) is 2.07. The van der Waals surface area contributed by atoms with Crippen LogP contribution in [0.4, 0.5) is 0 Å². The van der Waals surface area contributed by atoms with Crippen LogP contribution in [-0.4, -0.2) is 28.6 Å². The Bertz CT molecular complexity index is 712. The summed E-state index contributed by atoms with van der Waals surface area (Å²) >= 11 is 1.78. The van der Waals surface area contributed by atoms with E-state index in [0.717, 1.165) is 24.9 Å². The highest BCUT2D eigenvalue weighted by Crippen LogP contribution is 2.35. The molecule has 2 unspecified atom stereocenters. The van der Waals surface area contributed by atoms with Crippen molar-refractivity contribution in [3.05, 3.63) is 51.7 Å². The molecule has 0 bridgehead atoms. The van der Waals surface area contributed by atoms with E-state index in [-0.39, 0.29) is 18.6 Å². The number of hydrogen-bond donors (Lipinski definition) is 1. The molecule has 1 aliphatic rings. The SMILES string of the molecule is CCC1c2ccsc2CCN1C(=O)C(C)Oc1cccc(CO)c1. The number of aliphatic hydroxyl groups excluding tert-OH is 1. The van der Waals surface area contributed by atoms with Crippen LogP contribution in [0.2, 0.25) is 0 Å². The maximum absolute atomic E-state index is 12.9. The Kier molecular flexibility index (Phi) is 5.21. The summed E-state index contributed by atoms with van der Waals surface area (Å²) in [5, 5.41) is 11.3. The van der Waals surface area contributed by atoms with Crippen LogP contribution in [0.25, 0.3) is 0 Å². The molecule has 0 fully saturated rings. The number of nitrogens with zero attached hydrogens (tertiary/aromatic N) is 1. The quantitative estimate of drug-likeness (QED) is 0.902. The summed E-state index contributed by atoms with van der Waals surface area (Å²) < 4.78 is 5.83. The van der Waals surface area contributed by atoms with Crippen LogP contribution in [0.15, 0.2) is 35.7 Å². The molecule has 0 aliphatic carbocycles. The van der Waals surface area contributed by atoms with Crippen LogP contribution in [-0.2, 0) is 17.8 Å². The smallest absolute Gasteiger partial charge is 0.263 e. The highest BCUT2D eigenvalue weighted by atomic mass is 32.1. The fourth-order valence-corrected chi connectivity index (χ4v) is 4.23. The van der Waals surface area contributed by atoms with Gasteiger partial charge >= 0.3 is 0 Å². The summed E-state index contributed by atoms with van der Waals surface area (Å²) in [6.07, 6.45) is 1.28. The third-order valence-corrected chi connectivity index (χ3v) is 5.50. The van der Waals surface area contributed by atoms with E-state index in [4.69, 9.17) is 4.74 Å². The minimum Gasteiger partial charge on any atom is -0.481 e. The Hall–Kier alpha value is -1.85. The van der Waals surface area contributed by atoms with Gasteiger partial charge in [0.1, 0.15) is 5.75 Å². The molecule has 1 aromatic carbocycles. The maximum Gasteiger partial charge on any atom is 0.263 e. The van der Waals surface area contributed by atoms with Crippen LogP contribution >= 0.6 is 11.3 Å². The number of ether oxygens (including phenoxy) is 1. The van der Waals surface area contributed by atoms with E-state index < -0.39 is 6.10 Å². The standard InChI is InChI=1S/C19H23NO3S/c1-3-17-16-8-10-24-18(16)7-9-20(17)19(22)13(2)23-15-6-4-5-14(11-15)12-21/h4-6,8,10-11,13,17,21H,3,7,9,12H2,1-2H3. The molecular formula is C19H23NO3S. The number of fused-ring (bicyclic) bond motifs is 1. The average Bonchev–Trinajstić information content (AvgIpc) is 3.09. The van der Waals surface area contributed by atoms with Gasteiger partial charge in [-0.1, -0.05) is 19.1 Å². The van der Waals surface area contributed by atoms with Gasteiger partial charge in [-0.15, -0.1) is 11.3 Å². The number of benzene rings is 1. The summed E-state index contributed by atoms with van der Waals surface area (Å²) in [4.78, 5) is 16.3. The van der Waals surface area contributed by atoms with Crippen LogP contribution in [0.5, 0.6) is 5.75 Å². The highest BCUT2D eigenvalue weighted by molar-refractivity contribution is 7.10. The minimum atomic E-state index is -0.548. The van der Waals surface area contributed by atoms with Gasteiger partial charge in [0, 0.05) is 11.4 Å². The molecule has 2 atom stereocenters. The van der Waals surface area contributed by atoms with Gasteiger partial charge in [-0.05, 0) is 54.5 Å². The third-order valence-electron chi connectivity index (χ3n) is 4.51. The zero-order valence-electron chi connectivity index (χ0n) is 14.1. The van der Waals surface area contributed by atoms with Crippen molar-refractivity contribution in [1.29, 1.82) is 0 Å². The summed E-state index contributed by atoms with van der Waals surface area (Å²) in [6, 6.07) is 9.52. The monoisotopic (exact) mass is 345 g/mol. The first-order valence-corrected chi connectivity index (χ1v) is 9.25. The van der Waals surface area contributed by atoms with E-state index in [2.05, 4.69) is 18.4 Å². The van der Waals surface area contributed by atoms with E-state index in [9.17, 15) is 9.90 Å². The maximum atomic E-state index is 12.9. The molecule has 128 valence electrons. The Balaban J connectivity index is 1.73. The zero-order valence-corrected chi connectivity index (χ0v) is 14.9. The van der Waals surface area contributed by atoms with Crippen molar-refractivity contribution in [3.8, 4) is 5.75 Å². The van der Waals surface area contributed by atoms with E-state index in [1.165, 1.54) is 10.4 Å². The van der Waals surface area contributed by atoms with Gasteiger partial charge in [0.25, 0.3) is 5.91 Å². The number of rotatable bonds is 5. The number of carbonyl (C=O) groups excluding carboxylic acids is 1. The van der Waals surface area contributed by atoms with Crippen molar-refractivity contribution in [3.63, 3.8) is 0 Å². The van der Waals surface area contributed by atoms with Crippen molar-refractivity contribution >= 4 is 17.2 Å². The van der Waals surface area contributed by atoms with Crippen molar-refractivity contribution in [1.82, 2.24) is 4.90 Å². The molecule has 1 N–H and O–H groups in total. The third kappa shape index (κ3) is 3.32. The van der Waals surface area contributed by atoms with Crippen molar-refractivity contribution in [2.24, 2.45) is 0 Å². The van der Waals surface area contributed by atoms with E-state index in [1.54, 1.807) is 24.3 Å². The lowest BCUT2D eigenvalue weighted by molar-refractivity contribution is -0.141. The fourth-order valence-electron chi connectivity index (χ4n) is 3.31. The van der Waals surface area contributed by atoms with Crippen LogP contribution in [0.3, 0.4) is 0 Å². The topological polar surface area (TPSA) is 49.8 Å². The normalized spacial score (nSPS) is 18.1. The zero-order chi connectivity index (χ0) is 17.1. The van der Waals surface area contributed by atoms with Crippen molar-refractivity contribution < 1.29 is 14.6 Å². The molecule has 4 nitrogen and oxygen atoms in total. The van der Waals surface area contributed by atoms with Crippen molar-refractivity contribution in [2.75, 3.05) is 6.54 Å². The number of thiophene rings is 1. The Morgan fingerprint density at radius 1 is 1.46 bits per heavy atom. The van der Waals surface area contributed by atoms with E-state index in [1.807, 2.05) is 23.1 Å². The second-order valence-electron chi connectivity index (χ2n) is 6.07. The number of carbonyl (C=O) groups is 1. The summed E-state index contributed by atoms with van der Waals surface area (Å²) in [7, 11) is 0. The lowest BCUT2D eigenvalue weighted by Crippen LogP contribution is -2.45. The lowest BCUT2D eigenvalue weighted by atomic mass is 9.97. The van der Waals surface area contributed by atoms with Gasteiger partial charge in [0.15, 0.2) is 6.10 Å². The van der Waals surface area contributed by atoms with Crippen molar-refractivity contribution in [2.45, 2.75) is 45.4 Å². The van der Waals surface area contributed by atoms with Gasteiger partial charge in [-0.2, -0.15) is 0 Å². The molecule has 0 saturated heterocycles. The lowest BCUT2D eigenvalue weighted by Gasteiger charge is -2.37. The fraction of sp³-hybridized carbons (Fsp3) is 0.421. The van der Waals surface area contributed by atoms with Gasteiger partial charge in [0.05, 0.1) is 12.6 Å². The predicted octanol–water partition coefficient (Wildman–Crippen LogP) is 3.54. The van der Waals surface area contributed by atoms with Crippen LogP contribution < -0.4 is 4.74 Å². The second-order valence-corrected chi connectivity index (χ2v) is 7.07. The minimum absolute atomic E-state index is 0.0214. The number of aliphatic hydroxyl groups is 1. The van der Waals surface area contributed by atoms with Gasteiger partial charge < -0.3 is 14.7 Å².